The Bertz CT molecular complexity index is 698. The number of fused-ring (bicyclic) bond motifs is 7. The summed E-state index contributed by atoms with van der Waals surface area (Å²) in [6, 6.07) is 0. The highest BCUT2D eigenvalue weighted by Crippen LogP contribution is 2.71. The van der Waals surface area contributed by atoms with Gasteiger partial charge in [-0.25, -0.2) is 0 Å². The third-order valence-corrected chi connectivity index (χ3v) is 12.2. The van der Waals surface area contributed by atoms with Crippen LogP contribution in [0.4, 0.5) is 0 Å². The van der Waals surface area contributed by atoms with Crippen molar-refractivity contribution < 1.29 is 14.2 Å². The van der Waals surface area contributed by atoms with Crippen LogP contribution >= 0.6 is 0 Å². The first-order chi connectivity index (χ1) is 14.8. The molecule has 4 saturated carbocycles. The van der Waals surface area contributed by atoms with Crippen LogP contribution in [-0.4, -0.2) is 31.7 Å². The Labute approximate surface area is 190 Å². The van der Waals surface area contributed by atoms with Crippen molar-refractivity contribution in [1.29, 1.82) is 0 Å². The molecule has 2 saturated heterocycles. The van der Waals surface area contributed by atoms with Gasteiger partial charge in [0.05, 0.1) is 18.8 Å². The maximum absolute atomic E-state index is 6.93. The van der Waals surface area contributed by atoms with E-state index in [1.165, 1.54) is 57.8 Å². The minimum Gasteiger partial charge on any atom is -0.381 e. The van der Waals surface area contributed by atoms with Crippen molar-refractivity contribution in [1.82, 2.24) is 0 Å². The third-order valence-electron chi connectivity index (χ3n) is 12.2. The van der Waals surface area contributed by atoms with Crippen molar-refractivity contribution in [2.24, 2.45) is 52.3 Å². The molecule has 6 fully saturated rings. The van der Waals surface area contributed by atoms with Gasteiger partial charge in [0.25, 0.3) is 0 Å². The highest BCUT2D eigenvalue weighted by molar-refractivity contribution is 5.15. The van der Waals surface area contributed by atoms with Gasteiger partial charge in [-0.05, 0) is 104 Å². The first-order valence-corrected chi connectivity index (χ1v) is 13.7. The molecule has 12 atom stereocenters. The second kappa shape index (κ2) is 7.19. The molecule has 176 valence electrons. The Morgan fingerprint density at radius 1 is 0.839 bits per heavy atom. The van der Waals surface area contributed by atoms with Crippen molar-refractivity contribution in [2.75, 3.05) is 13.7 Å². The lowest BCUT2D eigenvalue weighted by Gasteiger charge is -2.61. The molecule has 6 aliphatic rings. The molecule has 1 spiro atoms. The van der Waals surface area contributed by atoms with E-state index in [2.05, 4.69) is 27.7 Å². The van der Waals surface area contributed by atoms with Crippen molar-refractivity contribution in [3.63, 3.8) is 0 Å². The van der Waals surface area contributed by atoms with Crippen LogP contribution in [-0.2, 0) is 14.2 Å². The van der Waals surface area contributed by atoms with E-state index < -0.39 is 0 Å². The van der Waals surface area contributed by atoms with E-state index in [1.54, 1.807) is 0 Å². The van der Waals surface area contributed by atoms with Gasteiger partial charge < -0.3 is 14.2 Å². The van der Waals surface area contributed by atoms with Crippen LogP contribution in [0.3, 0.4) is 0 Å². The fourth-order valence-corrected chi connectivity index (χ4v) is 10.5. The Hall–Kier alpha value is -0.120. The van der Waals surface area contributed by atoms with Crippen molar-refractivity contribution in [3.8, 4) is 0 Å². The summed E-state index contributed by atoms with van der Waals surface area (Å²) < 4.78 is 19.2. The minimum atomic E-state index is -0.269. The summed E-state index contributed by atoms with van der Waals surface area (Å²) in [7, 11) is 1.92. The van der Waals surface area contributed by atoms with E-state index in [0.717, 1.165) is 36.7 Å². The molecule has 6 rings (SSSR count). The number of rotatable bonds is 1. The molecule has 0 bridgehead atoms. The van der Waals surface area contributed by atoms with Gasteiger partial charge in [-0.3, -0.25) is 0 Å². The predicted molar refractivity (Wildman–Crippen MR) is 123 cm³/mol. The lowest BCUT2D eigenvalue weighted by Crippen LogP contribution is -2.55. The molecule has 2 heterocycles. The van der Waals surface area contributed by atoms with Gasteiger partial charge in [0.15, 0.2) is 5.79 Å². The van der Waals surface area contributed by atoms with Gasteiger partial charge in [-0.1, -0.05) is 27.7 Å². The van der Waals surface area contributed by atoms with E-state index in [1.807, 2.05) is 7.11 Å². The van der Waals surface area contributed by atoms with Gasteiger partial charge in [0.1, 0.15) is 0 Å². The van der Waals surface area contributed by atoms with Crippen LogP contribution in [0.25, 0.3) is 0 Å². The van der Waals surface area contributed by atoms with Gasteiger partial charge in [0.2, 0.25) is 0 Å². The zero-order valence-electron chi connectivity index (χ0n) is 20.7. The molecule has 0 amide bonds. The van der Waals surface area contributed by atoms with Crippen LogP contribution in [0.15, 0.2) is 0 Å². The van der Waals surface area contributed by atoms with Crippen molar-refractivity contribution in [2.45, 2.75) is 110 Å². The predicted octanol–water partition coefficient (Wildman–Crippen LogP) is 6.45. The summed E-state index contributed by atoms with van der Waals surface area (Å²) in [6.45, 7) is 11.0. The fraction of sp³-hybridized carbons (Fsp3) is 1.00. The van der Waals surface area contributed by atoms with E-state index >= 15 is 0 Å². The number of methoxy groups -OCH3 is 1. The SMILES string of the molecule is CO[C@@H]1CC[C@]2(C)C3CC[C@@]4(C)C(C[C@@H]5OC6(CCC(C)CO6)[C@@H](C)C54)C3CC[C@@H]2C1. The number of ether oxygens (including phenoxy) is 3. The Kier molecular flexibility index (Phi) is 4.97. The Morgan fingerprint density at radius 2 is 1.65 bits per heavy atom. The summed E-state index contributed by atoms with van der Waals surface area (Å²) in [5.41, 5.74) is 1.00. The molecule has 3 heteroatoms. The lowest BCUT2D eigenvalue weighted by molar-refractivity contribution is -0.273. The number of hydrogen-bond donors (Lipinski definition) is 0. The summed E-state index contributed by atoms with van der Waals surface area (Å²) in [5.74, 6) is 5.25. The van der Waals surface area contributed by atoms with E-state index in [4.69, 9.17) is 14.2 Å². The first kappa shape index (κ1) is 21.4. The smallest absolute Gasteiger partial charge is 0.171 e. The molecule has 4 aliphatic carbocycles. The summed E-state index contributed by atoms with van der Waals surface area (Å²) >= 11 is 0. The number of hydrogen-bond acceptors (Lipinski definition) is 3. The van der Waals surface area contributed by atoms with Crippen LogP contribution < -0.4 is 0 Å². The monoisotopic (exact) mass is 430 g/mol. The third kappa shape index (κ3) is 2.88. The van der Waals surface area contributed by atoms with Gasteiger partial charge in [-0.15, -0.1) is 0 Å². The topological polar surface area (TPSA) is 27.7 Å². The zero-order valence-corrected chi connectivity index (χ0v) is 20.7. The summed E-state index contributed by atoms with van der Waals surface area (Å²) in [4.78, 5) is 0. The van der Waals surface area contributed by atoms with Gasteiger partial charge in [-0.2, -0.15) is 0 Å². The average molecular weight is 431 g/mol. The first-order valence-electron chi connectivity index (χ1n) is 13.7. The molecule has 0 aromatic rings. The molecule has 6 unspecified atom stereocenters. The molecule has 0 aromatic heterocycles. The fourth-order valence-electron chi connectivity index (χ4n) is 10.5. The molecular weight excluding hydrogens is 384 g/mol. The van der Waals surface area contributed by atoms with Crippen LogP contribution in [0, 0.1) is 52.3 Å². The van der Waals surface area contributed by atoms with E-state index in [-0.39, 0.29) is 5.79 Å². The standard InChI is InChI=1S/C28H46O3/c1-17-8-13-28(30-16-17)18(2)25-24(31-28)15-23-21-7-6-19-14-20(29-5)9-11-26(19,3)22(21)10-12-27(23,25)4/h17-25H,6-16H2,1-5H3/t17?,18-,19+,20+,21?,22?,23?,24-,25?,26-,27-,28?/m0/s1. The summed E-state index contributed by atoms with van der Waals surface area (Å²) in [5, 5.41) is 0. The molecule has 0 N–H and O–H groups in total. The largest absolute Gasteiger partial charge is 0.381 e. The van der Waals surface area contributed by atoms with E-state index in [9.17, 15) is 0 Å². The molecule has 3 nitrogen and oxygen atoms in total. The Morgan fingerprint density at radius 3 is 2.39 bits per heavy atom. The molecule has 2 aliphatic heterocycles. The quantitative estimate of drug-likeness (QED) is 0.478. The zero-order chi connectivity index (χ0) is 21.6. The van der Waals surface area contributed by atoms with Gasteiger partial charge >= 0.3 is 0 Å². The molecular formula is C28H46O3. The lowest BCUT2D eigenvalue weighted by atomic mass is 9.44. The maximum Gasteiger partial charge on any atom is 0.171 e. The second-order valence-electron chi connectivity index (χ2n) is 13.3. The van der Waals surface area contributed by atoms with E-state index in [0.29, 0.717) is 40.8 Å². The highest BCUT2D eigenvalue weighted by atomic mass is 16.7. The maximum atomic E-state index is 6.93. The Balaban J connectivity index is 1.24. The van der Waals surface area contributed by atoms with Crippen LogP contribution in [0.1, 0.15) is 91.9 Å². The van der Waals surface area contributed by atoms with Crippen LogP contribution in [0.5, 0.6) is 0 Å². The second-order valence-corrected chi connectivity index (χ2v) is 13.3. The van der Waals surface area contributed by atoms with Gasteiger partial charge in [0, 0.05) is 19.4 Å². The van der Waals surface area contributed by atoms with Crippen LogP contribution in [0.2, 0.25) is 0 Å². The molecule has 0 aromatic carbocycles. The van der Waals surface area contributed by atoms with Crippen molar-refractivity contribution >= 4 is 0 Å². The minimum absolute atomic E-state index is 0.269. The average Bonchev–Trinajstić information content (AvgIpc) is 3.20. The molecule has 31 heavy (non-hydrogen) atoms. The van der Waals surface area contributed by atoms with Crippen molar-refractivity contribution in [3.05, 3.63) is 0 Å². The molecule has 0 radical (unpaired) electrons. The highest BCUT2D eigenvalue weighted by Gasteiger charge is 2.69. The normalized spacial score (nSPS) is 60.9. The summed E-state index contributed by atoms with van der Waals surface area (Å²) in [6.07, 6.45) is 14.3.